The van der Waals surface area contributed by atoms with Crippen molar-refractivity contribution in [2.24, 2.45) is 34.5 Å². The second kappa shape index (κ2) is 13.6. The molecule has 4 rings (SSSR count). The second-order valence-electron chi connectivity index (χ2n) is 14.8. The van der Waals surface area contributed by atoms with Crippen LogP contribution in [0.4, 0.5) is 0 Å². The second-order valence-corrected chi connectivity index (χ2v) is 14.8. The van der Waals surface area contributed by atoms with Gasteiger partial charge >= 0.3 is 5.97 Å². The molecule has 2 bridgehead atoms. The van der Waals surface area contributed by atoms with E-state index in [0.29, 0.717) is 23.5 Å². The standard InChI is InChI=1S/C36H58O6/c1-6-7-8-9-10-11-12-13-14-15-16-17-18-19-29(37)42-23-26-21-27-30-28(34(30,4)5)20-25(3)35(33(27)40)22-24(2)31(38)36(35,41)32(26)39/h21-22,25,27-28,30-32,38-39,41H,6-20,23H2,1-5H3/t25-,27+,28-,30+,31+,32-,35+,36-/m1/s1. The molecule has 0 saturated heterocycles. The molecule has 2 fully saturated rings. The van der Waals surface area contributed by atoms with Crippen LogP contribution >= 0.6 is 0 Å². The van der Waals surface area contributed by atoms with E-state index >= 15 is 0 Å². The minimum absolute atomic E-state index is 0.0217. The maximum atomic E-state index is 14.3. The number of hydrogen-bond donors (Lipinski definition) is 3. The van der Waals surface area contributed by atoms with Crippen molar-refractivity contribution in [2.45, 2.75) is 149 Å². The SMILES string of the molecule is CCCCCCCCCCCCCCCC(=O)OCC1=C[C@@H]2C(=O)[C@]3(C=C(C)[C@H](O)[C@@]3(O)[C@@H]1O)[C@H](C)C[C@@H]1[C@H]2C1(C)C. The van der Waals surface area contributed by atoms with Crippen LogP contribution in [-0.4, -0.2) is 51.5 Å². The fourth-order valence-corrected chi connectivity index (χ4v) is 8.94. The number of hydrogen-bond acceptors (Lipinski definition) is 6. The average molecular weight is 587 g/mol. The van der Waals surface area contributed by atoms with Gasteiger partial charge in [-0.05, 0) is 54.1 Å². The molecular formula is C36H58O6. The number of aliphatic hydroxyl groups excluding tert-OH is 2. The van der Waals surface area contributed by atoms with Gasteiger partial charge in [0.25, 0.3) is 0 Å². The van der Waals surface area contributed by atoms with Crippen molar-refractivity contribution in [2.75, 3.05) is 6.61 Å². The minimum atomic E-state index is -2.09. The molecule has 4 aliphatic rings. The molecule has 238 valence electrons. The Balaban J connectivity index is 1.27. The minimum Gasteiger partial charge on any atom is -0.461 e. The van der Waals surface area contributed by atoms with E-state index in [0.717, 1.165) is 25.7 Å². The summed E-state index contributed by atoms with van der Waals surface area (Å²) >= 11 is 0. The summed E-state index contributed by atoms with van der Waals surface area (Å²) in [4.78, 5) is 26.9. The van der Waals surface area contributed by atoms with Crippen LogP contribution in [0.2, 0.25) is 0 Å². The van der Waals surface area contributed by atoms with Crippen molar-refractivity contribution in [3.05, 3.63) is 23.3 Å². The first-order valence-electron chi connectivity index (χ1n) is 17.1. The van der Waals surface area contributed by atoms with E-state index in [-0.39, 0.29) is 35.6 Å². The molecule has 0 aromatic carbocycles. The van der Waals surface area contributed by atoms with Crippen LogP contribution in [0.1, 0.15) is 131 Å². The van der Waals surface area contributed by atoms with Gasteiger partial charge in [0.1, 0.15) is 24.4 Å². The fourth-order valence-electron chi connectivity index (χ4n) is 8.94. The van der Waals surface area contributed by atoms with Crippen LogP contribution in [0, 0.1) is 34.5 Å². The predicted octanol–water partition coefficient (Wildman–Crippen LogP) is 6.85. The van der Waals surface area contributed by atoms with Crippen LogP contribution in [0.25, 0.3) is 0 Å². The van der Waals surface area contributed by atoms with Crippen molar-refractivity contribution in [3.8, 4) is 0 Å². The largest absolute Gasteiger partial charge is 0.461 e. The summed E-state index contributed by atoms with van der Waals surface area (Å²) in [5.41, 5.74) is -2.65. The molecule has 8 atom stereocenters. The number of allylic oxidation sites excluding steroid dienone is 1. The molecule has 0 amide bonds. The quantitative estimate of drug-likeness (QED) is 0.104. The Bertz CT molecular complexity index is 1030. The molecule has 3 N–H and O–H groups in total. The Hall–Kier alpha value is -1.50. The smallest absolute Gasteiger partial charge is 0.306 e. The van der Waals surface area contributed by atoms with Gasteiger partial charge in [0.2, 0.25) is 0 Å². The molecule has 0 aliphatic heterocycles. The lowest BCUT2D eigenvalue weighted by Crippen LogP contribution is -2.65. The van der Waals surface area contributed by atoms with Gasteiger partial charge < -0.3 is 20.1 Å². The van der Waals surface area contributed by atoms with Gasteiger partial charge in [0.05, 0.1) is 5.41 Å². The highest BCUT2D eigenvalue weighted by Gasteiger charge is 2.75. The van der Waals surface area contributed by atoms with Crippen LogP contribution < -0.4 is 0 Å². The Morgan fingerprint density at radius 1 is 0.929 bits per heavy atom. The predicted molar refractivity (Wildman–Crippen MR) is 166 cm³/mol. The van der Waals surface area contributed by atoms with E-state index in [1.807, 2.05) is 6.92 Å². The summed E-state index contributed by atoms with van der Waals surface area (Å²) in [7, 11) is 0. The number of fused-ring (bicyclic) bond motifs is 3. The molecule has 0 aromatic heterocycles. The van der Waals surface area contributed by atoms with E-state index in [1.54, 1.807) is 19.1 Å². The Morgan fingerprint density at radius 2 is 1.48 bits per heavy atom. The van der Waals surface area contributed by atoms with Crippen LogP contribution in [0.5, 0.6) is 0 Å². The molecule has 0 radical (unpaired) electrons. The van der Waals surface area contributed by atoms with Crippen molar-refractivity contribution in [1.29, 1.82) is 0 Å². The maximum absolute atomic E-state index is 14.3. The van der Waals surface area contributed by atoms with E-state index in [1.165, 1.54) is 64.2 Å². The van der Waals surface area contributed by atoms with Crippen LogP contribution in [0.3, 0.4) is 0 Å². The zero-order chi connectivity index (χ0) is 30.7. The average Bonchev–Trinajstić information content (AvgIpc) is 3.45. The molecular weight excluding hydrogens is 528 g/mol. The normalized spacial score (nSPS) is 36.3. The van der Waals surface area contributed by atoms with Crippen molar-refractivity contribution < 1.29 is 29.6 Å². The number of carbonyl (C=O) groups excluding carboxylic acids is 2. The molecule has 2 saturated carbocycles. The summed E-state index contributed by atoms with van der Waals surface area (Å²) in [5.74, 6) is -0.780. The summed E-state index contributed by atoms with van der Waals surface area (Å²) in [6, 6.07) is 0. The Labute approximate surface area is 254 Å². The lowest BCUT2D eigenvalue weighted by molar-refractivity contribution is -0.190. The van der Waals surface area contributed by atoms with E-state index < -0.39 is 29.1 Å². The molecule has 0 aromatic rings. The number of unbranched alkanes of at least 4 members (excludes halogenated alkanes) is 12. The van der Waals surface area contributed by atoms with Gasteiger partial charge in [-0.25, -0.2) is 0 Å². The number of ether oxygens (including phenoxy) is 1. The zero-order valence-corrected chi connectivity index (χ0v) is 27.0. The first kappa shape index (κ1) is 33.4. The summed E-state index contributed by atoms with van der Waals surface area (Å²) < 4.78 is 5.62. The lowest BCUT2D eigenvalue weighted by atomic mass is 9.59. The van der Waals surface area contributed by atoms with Gasteiger partial charge in [-0.2, -0.15) is 0 Å². The molecule has 1 spiro atoms. The summed E-state index contributed by atoms with van der Waals surface area (Å²) in [5, 5.41) is 34.9. The lowest BCUT2D eigenvalue weighted by Gasteiger charge is -2.48. The number of carbonyl (C=O) groups is 2. The van der Waals surface area contributed by atoms with E-state index in [2.05, 4.69) is 20.8 Å². The molecule has 4 aliphatic carbocycles. The molecule has 6 heteroatoms. The van der Waals surface area contributed by atoms with E-state index in [9.17, 15) is 24.9 Å². The Morgan fingerprint density at radius 3 is 2.05 bits per heavy atom. The van der Waals surface area contributed by atoms with E-state index in [4.69, 9.17) is 4.74 Å². The van der Waals surface area contributed by atoms with Crippen LogP contribution in [0.15, 0.2) is 23.3 Å². The fraction of sp³-hybridized carbons (Fsp3) is 0.833. The number of aliphatic hydroxyl groups is 3. The van der Waals surface area contributed by atoms with Gasteiger partial charge in [-0.3, -0.25) is 9.59 Å². The zero-order valence-electron chi connectivity index (χ0n) is 27.0. The molecule has 42 heavy (non-hydrogen) atoms. The number of rotatable bonds is 16. The van der Waals surface area contributed by atoms with Gasteiger partial charge in [-0.1, -0.05) is 117 Å². The summed E-state index contributed by atoms with van der Waals surface area (Å²) in [6.45, 7) is 10.1. The first-order chi connectivity index (χ1) is 19.9. The Kier molecular flexibility index (Phi) is 10.9. The number of esters is 1. The molecule has 0 heterocycles. The first-order valence-corrected chi connectivity index (χ1v) is 17.1. The van der Waals surface area contributed by atoms with Crippen LogP contribution in [-0.2, 0) is 14.3 Å². The number of Topliss-reactive ketones (excluding diaryl/α,β-unsaturated/α-hetero) is 1. The third-order valence-corrected chi connectivity index (χ3v) is 11.6. The monoisotopic (exact) mass is 586 g/mol. The molecule has 6 nitrogen and oxygen atoms in total. The third kappa shape index (κ3) is 6.06. The molecule has 0 unspecified atom stereocenters. The topological polar surface area (TPSA) is 104 Å². The van der Waals surface area contributed by atoms with Gasteiger partial charge in [0, 0.05) is 12.3 Å². The highest BCUT2D eigenvalue weighted by Crippen LogP contribution is 2.71. The van der Waals surface area contributed by atoms with Crippen molar-refractivity contribution >= 4 is 11.8 Å². The van der Waals surface area contributed by atoms with Gasteiger partial charge in [-0.15, -0.1) is 0 Å². The summed E-state index contributed by atoms with van der Waals surface area (Å²) in [6.07, 6.45) is 17.8. The highest BCUT2D eigenvalue weighted by molar-refractivity contribution is 5.95. The maximum Gasteiger partial charge on any atom is 0.306 e. The third-order valence-electron chi connectivity index (χ3n) is 11.6. The highest BCUT2D eigenvalue weighted by atomic mass is 16.5. The van der Waals surface area contributed by atoms with Crippen molar-refractivity contribution in [1.82, 2.24) is 0 Å². The van der Waals surface area contributed by atoms with Gasteiger partial charge in [0.15, 0.2) is 5.78 Å². The van der Waals surface area contributed by atoms with Crippen molar-refractivity contribution in [3.63, 3.8) is 0 Å². The number of ketones is 1.